The monoisotopic (exact) mass is 421 g/mol. The van der Waals surface area contributed by atoms with E-state index in [-0.39, 0.29) is 4.90 Å². The highest BCUT2D eigenvalue weighted by atomic mass is 127. The molecule has 0 atom stereocenters. The molecule has 0 spiro atoms. The highest BCUT2D eigenvalue weighted by Gasteiger charge is 2.18. The standard InChI is InChI=1S/C12H12IN3O4S/c1-8-4-9(13)2-3-11(8)15-21(19,20)10-5-14-16(6-10)7-12(17)18/h2-6,15H,7H2,1H3,(H,17,18). The van der Waals surface area contributed by atoms with Crippen LogP contribution in [0.1, 0.15) is 5.56 Å². The topological polar surface area (TPSA) is 101 Å². The minimum Gasteiger partial charge on any atom is -0.480 e. The van der Waals surface area contributed by atoms with Gasteiger partial charge in [0.1, 0.15) is 11.4 Å². The Hall–Kier alpha value is -1.62. The van der Waals surface area contributed by atoms with Gasteiger partial charge < -0.3 is 5.11 Å². The van der Waals surface area contributed by atoms with Crippen molar-refractivity contribution >= 4 is 44.3 Å². The first-order valence-corrected chi connectivity index (χ1v) is 8.37. The molecule has 0 aliphatic carbocycles. The highest BCUT2D eigenvalue weighted by molar-refractivity contribution is 14.1. The fourth-order valence-corrected chi connectivity index (χ4v) is 3.38. The number of aliphatic carboxylic acids is 1. The zero-order chi connectivity index (χ0) is 15.6. The molecule has 2 rings (SSSR count). The third-order valence-corrected chi connectivity index (χ3v) is 4.64. The van der Waals surface area contributed by atoms with Crippen LogP contribution in [0.15, 0.2) is 35.5 Å². The number of carbonyl (C=O) groups is 1. The van der Waals surface area contributed by atoms with Gasteiger partial charge in [0.15, 0.2) is 0 Å². The minimum atomic E-state index is -3.79. The number of benzene rings is 1. The van der Waals surface area contributed by atoms with E-state index in [1.54, 1.807) is 19.1 Å². The molecule has 21 heavy (non-hydrogen) atoms. The Kier molecular flexibility index (Phi) is 4.52. The van der Waals surface area contributed by atoms with Crippen molar-refractivity contribution in [3.63, 3.8) is 0 Å². The summed E-state index contributed by atoms with van der Waals surface area (Å²) in [5.41, 5.74) is 1.27. The molecule has 0 radical (unpaired) electrons. The molecule has 7 nitrogen and oxygen atoms in total. The molecule has 0 saturated heterocycles. The van der Waals surface area contributed by atoms with Crippen LogP contribution in [0.3, 0.4) is 0 Å². The van der Waals surface area contributed by atoms with Gasteiger partial charge in [-0.3, -0.25) is 14.2 Å². The third-order valence-electron chi connectivity index (χ3n) is 2.65. The van der Waals surface area contributed by atoms with Crippen molar-refractivity contribution in [1.82, 2.24) is 9.78 Å². The van der Waals surface area contributed by atoms with Crippen LogP contribution in [0.2, 0.25) is 0 Å². The highest BCUT2D eigenvalue weighted by Crippen LogP contribution is 2.21. The van der Waals surface area contributed by atoms with Crippen molar-refractivity contribution in [3.8, 4) is 0 Å². The molecule has 0 aliphatic rings. The largest absolute Gasteiger partial charge is 0.480 e. The fraction of sp³-hybridized carbons (Fsp3) is 0.167. The molecular formula is C12H12IN3O4S. The average Bonchev–Trinajstić information content (AvgIpc) is 2.81. The molecule has 0 amide bonds. The Morgan fingerprint density at radius 1 is 1.48 bits per heavy atom. The minimum absolute atomic E-state index is 0.0818. The number of rotatable bonds is 5. The van der Waals surface area contributed by atoms with Crippen LogP contribution in [-0.4, -0.2) is 29.3 Å². The van der Waals surface area contributed by atoms with Crippen LogP contribution < -0.4 is 4.72 Å². The van der Waals surface area contributed by atoms with Gasteiger partial charge in [0.25, 0.3) is 10.0 Å². The number of carboxylic acid groups (broad SMARTS) is 1. The maximum atomic E-state index is 12.2. The normalized spacial score (nSPS) is 11.3. The molecule has 0 saturated carbocycles. The number of carboxylic acids is 1. The van der Waals surface area contributed by atoms with Gasteiger partial charge in [-0.2, -0.15) is 5.10 Å². The van der Waals surface area contributed by atoms with Gasteiger partial charge in [0, 0.05) is 9.77 Å². The van der Waals surface area contributed by atoms with Gasteiger partial charge in [-0.1, -0.05) is 0 Å². The SMILES string of the molecule is Cc1cc(I)ccc1NS(=O)(=O)c1cnn(CC(=O)O)c1. The van der Waals surface area contributed by atoms with Crippen molar-refractivity contribution in [2.45, 2.75) is 18.4 Å². The van der Waals surface area contributed by atoms with E-state index in [1.165, 1.54) is 6.20 Å². The number of anilines is 1. The molecule has 0 bridgehead atoms. The number of aryl methyl sites for hydroxylation is 1. The predicted octanol–water partition coefficient (Wildman–Crippen LogP) is 1.68. The summed E-state index contributed by atoms with van der Waals surface area (Å²) in [7, 11) is -3.79. The second-order valence-corrected chi connectivity index (χ2v) is 7.26. The Morgan fingerprint density at radius 3 is 2.81 bits per heavy atom. The lowest BCUT2D eigenvalue weighted by Gasteiger charge is -2.09. The zero-order valence-electron chi connectivity index (χ0n) is 10.9. The van der Waals surface area contributed by atoms with E-state index in [1.807, 2.05) is 6.07 Å². The second kappa shape index (κ2) is 6.02. The Morgan fingerprint density at radius 2 is 2.19 bits per heavy atom. The smallest absolute Gasteiger partial charge is 0.325 e. The third kappa shape index (κ3) is 3.94. The lowest BCUT2D eigenvalue weighted by atomic mass is 10.2. The van der Waals surface area contributed by atoms with Crippen molar-refractivity contribution in [3.05, 3.63) is 39.7 Å². The molecule has 112 valence electrons. The molecule has 2 N–H and O–H groups in total. The van der Waals surface area contributed by atoms with Crippen molar-refractivity contribution in [2.75, 3.05) is 4.72 Å². The number of halogens is 1. The Labute approximate surface area is 135 Å². The van der Waals surface area contributed by atoms with Crippen LogP contribution in [0, 0.1) is 10.5 Å². The van der Waals surface area contributed by atoms with Gasteiger partial charge in [-0.05, 0) is 53.3 Å². The van der Waals surface area contributed by atoms with E-state index in [0.717, 1.165) is 20.0 Å². The molecule has 0 unspecified atom stereocenters. The lowest BCUT2D eigenvalue weighted by molar-refractivity contribution is -0.137. The van der Waals surface area contributed by atoms with E-state index in [4.69, 9.17) is 5.11 Å². The summed E-state index contributed by atoms with van der Waals surface area (Å²) >= 11 is 2.14. The molecule has 1 aromatic heterocycles. The number of aromatic nitrogens is 2. The lowest BCUT2D eigenvalue weighted by Crippen LogP contribution is -2.13. The number of nitrogens with zero attached hydrogens (tertiary/aromatic N) is 2. The first-order valence-electron chi connectivity index (χ1n) is 5.81. The van der Waals surface area contributed by atoms with Crippen molar-refractivity contribution in [1.29, 1.82) is 0 Å². The van der Waals surface area contributed by atoms with Gasteiger partial charge >= 0.3 is 5.97 Å². The quantitative estimate of drug-likeness (QED) is 0.716. The molecule has 0 aliphatic heterocycles. The molecular weight excluding hydrogens is 409 g/mol. The van der Waals surface area contributed by atoms with Crippen molar-refractivity contribution in [2.24, 2.45) is 0 Å². The summed E-state index contributed by atoms with van der Waals surface area (Å²) < 4.78 is 29.0. The molecule has 9 heteroatoms. The number of nitrogens with one attached hydrogen (secondary N) is 1. The zero-order valence-corrected chi connectivity index (χ0v) is 13.9. The maximum Gasteiger partial charge on any atom is 0.325 e. The predicted molar refractivity (Wildman–Crippen MR) is 84.6 cm³/mol. The summed E-state index contributed by atoms with van der Waals surface area (Å²) in [5, 5.41) is 12.4. The molecule has 2 aromatic rings. The van der Waals surface area contributed by atoms with E-state index in [0.29, 0.717) is 5.69 Å². The summed E-state index contributed by atoms with van der Waals surface area (Å²) in [6.07, 6.45) is 2.30. The van der Waals surface area contributed by atoms with E-state index in [9.17, 15) is 13.2 Å². The second-order valence-electron chi connectivity index (χ2n) is 4.33. The van der Waals surface area contributed by atoms with E-state index < -0.39 is 22.5 Å². The van der Waals surface area contributed by atoms with Crippen LogP contribution in [-0.2, 0) is 21.4 Å². The first-order chi connectivity index (χ1) is 9.78. The van der Waals surface area contributed by atoms with Gasteiger partial charge in [0.05, 0.1) is 11.9 Å². The average molecular weight is 421 g/mol. The van der Waals surface area contributed by atoms with Gasteiger partial charge in [0.2, 0.25) is 0 Å². The van der Waals surface area contributed by atoms with Crippen LogP contribution in [0.5, 0.6) is 0 Å². The van der Waals surface area contributed by atoms with Crippen LogP contribution in [0.4, 0.5) is 5.69 Å². The molecule has 1 heterocycles. The summed E-state index contributed by atoms with van der Waals surface area (Å²) in [4.78, 5) is 10.5. The summed E-state index contributed by atoms with van der Waals surface area (Å²) in [6.45, 7) is 1.41. The number of hydrogen-bond donors (Lipinski definition) is 2. The fourth-order valence-electron chi connectivity index (χ4n) is 1.65. The Balaban J connectivity index is 2.25. The Bertz CT molecular complexity index is 786. The number of hydrogen-bond acceptors (Lipinski definition) is 4. The van der Waals surface area contributed by atoms with Crippen LogP contribution >= 0.6 is 22.6 Å². The maximum absolute atomic E-state index is 12.2. The van der Waals surface area contributed by atoms with Crippen molar-refractivity contribution < 1.29 is 18.3 Å². The van der Waals surface area contributed by atoms with Crippen LogP contribution in [0.25, 0.3) is 0 Å². The van der Waals surface area contributed by atoms with E-state index >= 15 is 0 Å². The first kappa shape index (κ1) is 15.8. The van der Waals surface area contributed by atoms with Gasteiger partial charge in [-0.15, -0.1) is 0 Å². The molecule has 0 fully saturated rings. The number of sulfonamides is 1. The molecule has 1 aromatic carbocycles. The summed E-state index contributed by atoms with van der Waals surface area (Å²) in [6, 6.07) is 5.32. The summed E-state index contributed by atoms with van der Waals surface area (Å²) in [5.74, 6) is -1.09. The van der Waals surface area contributed by atoms with E-state index in [2.05, 4.69) is 32.4 Å². The van der Waals surface area contributed by atoms with Gasteiger partial charge in [-0.25, -0.2) is 8.42 Å².